The van der Waals surface area contributed by atoms with E-state index in [0.717, 1.165) is 19.0 Å². The van der Waals surface area contributed by atoms with Crippen LogP contribution in [-0.4, -0.2) is 13.1 Å². The topological polar surface area (TPSA) is 3.24 Å². The zero-order valence-corrected chi connectivity index (χ0v) is 13.1. The molecule has 110 valence electrons. The zero-order chi connectivity index (χ0) is 14.5. The molecular formula is C19H22ClN. The summed E-state index contributed by atoms with van der Waals surface area (Å²) < 4.78 is 0. The van der Waals surface area contributed by atoms with Crippen LogP contribution >= 0.6 is 11.6 Å². The molecule has 0 bridgehead atoms. The van der Waals surface area contributed by atoms with Crippen molar-refractivity contribution in [2.75, 3.05) is 18.0 Å². The Labute approximate surface area is 132 Å². The molecule has 0 aromatic heterocycles. The first-order valence-electron chi connectivity index (χ1n) is 7.79. The molecule has 1 fully saturated rings. The third-order valence-corrected chi connectivity index (χ3v) is 4.75. The molecule has 3 rings (SSSR count). The number of para-hydroxylation sites is 1. The van der Waals surface area contributed by atoms with Gasteiger partial charge < -0.3 is 4.90 Å². The van der Waals surface area contributed by atoms with Crippen molar-refractivity contribution in [2.24, 2.45) is 5.92 Å². The largest absolute Gasteiger partial charge is 0.371 e. The third-order valence-electron chi connectivity index (χ3n) is 4.46. The molecule has 2 aromatic carbocycles. The van der Waals surface area contributed by atoms with Crippen LogP contribution < -0.4 is 4.90 Å². The van der Waals surface area contributed by atoms with Gasteiger partial charge in [0.25, 0.3) is 0 Å². The van der Waals surface area contributed by atoms with E-state index in [4.69, 9.17) is 11.6 Å². The lowest BCUT2D eigenvalue weighted by Crippen LogP contribution is -2.34. The molecule has 0 atom stereocenters. The van der Waals surface area contributed by atoms with Crippen LogP contribution in [0.4, 0.5) is 5.69 Å². The van der Waals surface area contributed by atoms with Crippen LogP contribution in [0.15, 0.2) is 54.6 Å². The molecule has 0 spiro atoms. The van der Waals surface area contributed by atoms with Crippen LogP contribution in [0.3, 0.4) is 0 Å². The number of halogens is 1. The van der Waals surface area contributed by atoms with E-state index in [-0.39, 0.29) is 0 Å². The third kappa shape index (κ3) is 3.59. The number of rotatable bonds is 4. The van der Waals surface area contributed by atoms with Gasteiger partial charge in [0.1, 0.15) is 0 Å². The molecule has 2 heteroatoms. The van der Waals surface area contributed by atoms with E-state index in [2.05, 4.69) is 59.5 Å². The number of nitrogens with zero attached hydrogens (tertiary/aromatic N) is 1. The first-order chi connectivity index (χ1) is 10.4. The van der Waals surface area contributed by atoms with E-state index < -0.39 is 0 Å². The molecule has 2 aromatic rings. The summed E-state index contributed by atoms with van der Waals surface area (Å²) in [5, 5.41) is 0. The average Bonchev–Trinajstić information content (AvgIpc) is 2.56. The molecule has 1 aliphatic rings. The summed E-state index contributed by atoms with van der Waals surface area (Å²) in [6, 6.07) is 19.4. The summed E-state index contributed by atoms with van der Waals surface area (Å²) in [5.41, 5.74) is 4.04. The van der Waals surface area contributed by atoms with Crippen molar-refractivity contribution in [3.8, 4) is 0 Å². The molecule has 0 radical (unpaired) electrons. The highest BCUT2D eigenvalue weighted by atomic mass is 35.5. The van der Waals surface area contributed by atoms with E-state index >= 15 is 0 Å². The molecule has 1 saturated heterocycles. The van der Waals surface area contributed by atoms with Gasteiger partial charge in [0.15, 0.2) is 0 Å². The standard InChI is InChI=1S/C19H22ClN/c20-15-18-8-4-5-9-19(18)21-12-10-17(11-13-21)14-16-6-2-1-3-7-16/h1-9,17H,10-15H2. The van der Waals surface area contributed by atoms with Gasteiger partial charge >= 0.3 is 0 Å². The van der Waals surface area contributed by atoms with Crippen LogP contribution in [0.25, 0.3) is 0 Å². The number of piperidine rings is 1. The highest BCUT2D eigenvalue weighted by Crippen LogP contribution is 2.28. The fourth-order valence-corrected chi connectivity index (χ4v) is 3.48. The van der Waals surface area contributed by atoms with Gasteiger partial charge in [-0.3, -0.25) is 0 Å². The van der Waals surface area contributed by atoms with Crippen molar-refractivity contribution < 1.29 is 0 Å². The second-order valence-electron chi connectivity index (χ2n) is 5.88. The van der Waals surface area contributed by atoms with Crippen LogP contribution in [0, 0.1) is 5.92 Å². The highest BCUT2D eigenvalue weighted by molar-refractivity contribution is 6.17. The van der Waals surface area contributed by atoms with Crippen LogP contribution in [0.1, 0.15) is 24.0 Å². The van der Waals surface area contributed by atoms with Gasteiger partial charge in [-0.05, 0) is 42.4 Å². The Morgan fingerprint density at radius 3 is 2.29 bits per heavy atom. The lowest BCUT2D eigenvalue weighted by atomic mass is 9.90. The summed E-state index contributed by atoms with van der Waals surface area (Å²) in [5.74, 6) is 1.41. The zero-order valence-electron chi connectivity index (χ0n) is 12.3. The second kappa shape index (κ2) is 7.00. The molecule has 0 amide bonds. The quantitative estimate of drug-likeness (QED) is 0.727. The minimum atomic E-state index is 0.597. The van der Waals surface area contributed by atoms with Crippen molar-refractivity contribution in [1.29, 1.82) is 0 Å². The first-order valence-corrected chi connectivity index (χ1v) is 8.33. The maximum Gasteiger partial charge on any atom is 0.0494 e. The van der Waals surface area contributed by atoms with E-state index in [1.54, 1.807) is 0 Å². The van der Waals surface area contributed by atoms with Gasteiger partial charge in [-0.15, -0.1) is 11.6 Å². The van der Waals surface area contributed by atoms with E-state index in [0.29, 0.717) is 5.88 Å². The van der Waals surface area contributed by atoms with E-state index in [9.17, 15) is 0 Å². The average molecular weight is 300 g/mol. The summed E-state index contributed by atoms with van der Waals surface area (Å²) in [6.45, 7) is 2.29. The predicted molar refractivity (Wildman–Crippen MR) is 91.1 cm³/mol. The minimum Gasteiger partial charge on any atom is -0.371 e. The van der Waals surface area contributed by atoms with Gasteiger partial charge in [0.2, 0.25) is 0 Å². The number of hydrogen-bond donors (Lipinski definition) is 0. The Balaban J connectivity index is 1.60. The molecular weight excluding hydrogens is 278 g/mol. The Morgan fingerprint density at radius 1 is 0.905 bits per heavy atom. The fourth-order valence-electron chi connectivity index (χ4n) is 3.26. The van der Waals surface area contributed by atoms with Crippen molar-refractivity contribution in [2.45, 2.75) is 25.1 Å². The maximum absolute atomic E-state index is 6.06. The van der Waals surface area contributed by atoms with Crippen LogP contribution in [0.5, 0.6) is 0 Å². The lowest BCUT2D eigenvalue weighted by molar-refractivity contribution is 0.403. The monoisotopic (exact) mass is 299 g/mol. The number of anilines is 1. The second-order valence-corrected chi connectivity index (χ2v) is 6.15. The first kappa shape index (κ1) is 14.5. The maximum atomic E-state index is 6.06. The van der Waals surface area contributed by atoms with Crippen molar-refractivity contribution >= 4 is 17.3 Å². The van der Waals surface area contributed by atoms with Gasteiger partial charge in [0.05, 0.1) is 0 Å². The van der Waals surface area contributed by atoms with Crippen molar-refractivity contribution in [1.82, 2.24) is 0 Å². The molecule has 1 nitrogen and oxygen atoms in total. The number of benzene rings is 2. The van der Waals surface area contributed by atoms with Crippen LogP contribution in [0.2, 0.25) is 0 Å². The Morgan fingerprint density at radius 2 is 1.57 bits per heavy atom. The predicted octanol–water partition coefficient (Wildman–Crippen LogP) is 4.88. The highest BCUT2D eigenvalue weighted by Gasteiger charge is 2.20. The molecule has 0 saturated carbocycles. The summed E-state index contributed by atoms with van der Waals surface area (Å²) in [4.78, 5) is 2.50. The Bertz CT molecular complexity index is 559. The Kier molecular flexibility index (Phi) is 4.82. The fraction of sp³-hybridized carbons (Fsp3) is 0.368. The summed E-state index contributed by atoms with van der Waals surface area (Å²) >= 11 is 6.06. The number of hydrogen-bond acceptors (Lipinski definition) is 1. The van der Waals surface area contributed by atoms with Gasteiger partial charge in [-0.1, -0.05) is 48.5 Å². The minimum absolute atomic E-state index is 0.597. The Hall–Kier alpha value is -1.47. The van der Waals surface area contributed by atoms with Crippen molar-refractivity contribution in [3.05, 3.63) is 65.7 Å². The SMILES string of the molecule is ClCc1ccccc1N1CCC(Cc2ccccc2)CC1. The van der Waals surface area contributed by atoms with E-state index in [1.165, 1.54) is 36.1 Å². The molecule has 1 heterocycles. The summed E-state index contributed by atoms with van der Waals surface area (Å²) in [6.07, 6.45) is 3.75. The van der Waals surface area contributed by atoms with Gasteiger partial charge in [0, 0.05) is 24.7 Å². The van der Waals surface area contributed by atoms with Crippen molar-refractivity contribution in [3.63, 3.8) is 0 Å². The lowest BCUT2D eigenvalue weighted by Gasteiger charge is -2.34. The molecule has 0 N–H and O–H groups in total. The van der Waals surface area contributed by atoms with E-state index in [1.807, 2.05) is 0 Å². The molecule has 21 heavy (non-hydrogen) atoms. The summed E-state index contributed by atoms with van der Waals surface area (Å²) in [7, 11) is 0. The molecule has 1 aliphatic heterocycles. The smallest absolute Gasteiger partial charge is 0.0494 e. The normalized spacial score (nSPS) is 16.1. The van der Waals surface area contributed by atoms with Gasteiger partial charge in [-0.25, -0.2) is 0 Å². The van der Waals surface area contributed by atoms with Crippen LogP contribution in [-0.2, 0) is 12.3 Å². The molecule has 0 unspecified atom stereocenters. The van der Waals surface area contributed by atoms with Gasteiger partial charge in [-0.2, -0.15) is 0 Å². The molecule has 0 aliphatic carbocycles. The number of alkyl halides is 1.